The Kier molecular flexibility index (Phi) is 2.73. The van der Waals surface area contributed by atoms with Crippen LogP contribution in [0, 0.1) is 0 Å². The number of aliphatic hydroxyl groups excluding tert-OH is 1. The van der Waals surface area contributed by atoms with Gasteiger partial charge in [0, 0.05) is 0 Å². The van der Waals surface area contributed by atoms with Gasteiger partial charge in [-0.05, 0) is 17.7 Å². The van der Waals surface area contributed by atoms with E-state index in [1.165, 1.54) is 13.2 Å². The normalized spacial score (nSPS) is 9.92. The van der Waals surface area contributed by atoms with E-state index in [-0.39, 0.29) is 23.2 Å². The van der Waals surface area contributed by atoms with E-state index in [1.54, 1.807) is 0 Å². The molecule has 0 aliphatic heterocycles. The number of carbonyl (C=O) groups is 1. The van der Waals surface area contributed by atoms with Crippen LogP contribution in [0.5, 0.6) is 0 Å². The topological polar surface area (TPSA) is 59.7 Å². The Morgan fingerprint density at radius 1 is 1.83 bits per heavy atom. The van der Waals surface area contributed by atoms with E-state index in [0.29, 0.717) is 0 Å². The van der Waals surface area contributed by atoms with Crippen LogP contribution in [0.15, 0.2) is 10.5 Å². The molecule has 0 aliphatic rings. The van der Waals surface area contributed by atoms with Gasteiger partial charge in [-0.25, -0.2) is 4.79 Å². The van der Waals surface area contributed by atoms with Gasteiger partial charge in [0.2, 0.25) is 5.22 Å². The third kappa shape index (κ3) is 1.60. The SMILES string of the molecule is COC(=O)c1cc(CO)oc1Cl. The molecule has 0 saturated carbocycles. The van der Waals surface area contributed by atoms with E-state index in [9.17, 15) is 4.79 Å². The summed E-state index contributed by atoms with van der Waals surface area (Å²) in [4.78, 5) is 10.9. The number of carbonyl (C=O) groups excluding carboxylic acids is 1. The summed E-state index contributed by atoms with van der Waals surface area (Å²) in [5.74, 6) is -0.344. The highest BCUT2D eigenvalue weighted by atomic mass is 35.5. The summed E-state index contributed by atoms with van der Waals surface area (Å²) in [5.41, 5.74) is 0.128. The average molecular weight is 191 g/mol. The number of furan rings is 1. The molecule has 0 atom stereocenters. The molecule has 12 heavy (non-hydrogen) atoms. The Morgan fingerprint density at radius 2 is 2.50 bits per heavy atom. The van der Waals surface area contributed by atoms with Gasteiger partial charge in [0.1, 0.15) is 17.9 Å². The number of hydrogen-bond acceptors (Lipinski definition) is 4. The summed E-state index contributed by atoms with van der Waals surface area (Å²) in [5, 5.41) is 8.56. The number of hydrogen-bond donors (Lipinski definition) is 1. The lowest BCUT2D eigenvalue weighted by Gasteiger charge is -1.92. The van der Waals surface area contributed by atoms with Crippen molar-refractivity contribution in [3.05, 3.63) is 22.6 Å². The standard InChI is InChI=1S/C7H7ClO4/c1-11-7(10)5-2-4(3-9)12-6(5)8/h2,9H,3H2,1H3. The summed E-state index contributed by atoms with van der Waals surface area (Å²) >= 11 is 5.52. The number of halogens is 1. The summed E-state index contributed by atoms with van der Waals surface area (Å²) in [6.07, 6.45) is 0. The molecule has 0 saturated heterocycles. The van der Waals surface area contributed by atoms with Crippen molar-refractivity contribution in [2.45, 2.75) is 6.61 Å². The van der Waals surface area contributed by atoms with Crippen molar-refractivity contribution in [2.75, 3.05) is 7.11 Å². The smallest absolute Gasteiger partial charge is 0.342 e. The molecule has 1 rings (SSSR count). The van der Waals surface area contributed by atoms with Crippen LogP contribution < -0.4 is 0 Å². The number of ether oxygens (including phenoxy) is 1. The van der Waals surface area contributed by atoms with Gasteiger partial charge in [-0.1, -0.05) is 0 Å². The molecule has 0 radical (unpaired) electrons. The van der Waals surface area contributed by atoms with Crippen LogP contribution in [0.1, 0.15) is 16.1 Å². The Hall–Kier alpha value is -1.00. The zero-order valence-electron chi connectivity index (χ0n) is 6.33. The molecule has 1 aromatic heterocycles. The first-order chi connectivity index (χ1) is 5.69. The lowest BCUT2D eigenvalue weighted by molar-refractivity contribution is 0.0600. The fourth-order valence-electron chi connectivity index (χ4n) is 0.744. The number of rotatable bonds is 2. The molecular weight excluding hydrogens is 184 g/mol. The molecule has 0 aliphatic carbocycles. The average Bonchev–Trinajstić information content (AvgIpc) is 2.45. The molecule has 0 fully saturated rings. The minimum absolute atomic E-state index is 0.0640. The third-order valence-corrected chi connectivity index (χ3v) is 1.58. The van der Waals surface area contributed by atoms with Crippen molar-refractivity contribution in [1.29, 1.82) is 0 Å². The predicted molar refractivity (Wildman–Crippen MR) is 41.0 cm³/mol. The second-order valence-electron chi connectivity index (χ2n) is 2.05. The maximum Gasteiger partial charge on any atom is 0.342 e. The molecule has 66 valence electrons. The van der Waals surface area contributed by atoms with E-state index in [0.717, 1.165) is 0 Å². The molecule has 1 aromatic rings. The Balaban J connectivity index is 2.99. The highest BCUT2D eigenvalue weighted by molar-refractivity contribution is 6.31. The highest BCUT2D eigenvalue weighted by Crippen LogP contribution is 2.21. The predicted octanol–water partition coefficient (Wildman–Crippen LogP) is 1.21. The van der Waals surface area contributed by atoms with Gasteiger partial charge in [-0.3, -0.25) is 0 Å². The van der Waals surface area contributed by atoms with Crippen LogP contribution in [0.3, 0.4) is 0 Å². The highest BCUT2D eigenvalue weighted by Gasteiger charge is 2.16. The largest absolute Gasteiger partial charge is 0.465 e. The minimum atomic E-state index is -0.580. The first-order valence-electron chi connectivity index (χ1n) is 3.16. The van der Waals surface area contributed by atoms with Gasteiger partial charge in [-0.15, -0.1) is 0 Å². The van der Waals surface area contributed by atoms with Crippen LogP contribution in [0.2, 0.25) is 5.22 Å². The van der Waals surface area contributed by atoms with Crippen molar-refractivity contribution in [3.8, 4) is 0 Å². The maximum absolute atomic E-state index is 10.9. The Bertz CT molecular complexity index is 292. The Labute approximate surface area is 73.7 Å². The van der Waals surface area contributed by atoms with Gasteiger partial charge >= 0.3 is 5.97 Å². The van der Waals surface area contributed by atoms with Crippen molar-refractivity contribution in [1.82, 2.24) is 0 Å². The van der Waals surface area contributed by atoms with Crippen LogP contribution in [-0.2, 0) is 11.3 Å². The summed E-state index contributed by atoms with van der Waals surface area (Å²) in [6, 6.07) is 1.34. The maximum atomic E-state index is 10.9. The molecule has 0 amide bonds. The summed E-state index contributed by atoms with van der Waals surface area (Å²) < 4.78 is 9.21. The molecule has 1 heterocycles. The van der Waals surface area contributed by atoms with Gasteiger partial charge in [0.05, 0.1) is 7.11 Å². The lowest BCUT2D eigenvalue weighted by Crippen LogP contribution is -1.99. The molecule has 0 aromatic carbocycles. The van der Waals surface area contributed by atoms with E-state index in [4.69, 9.17) is 21.1 Å². The monoisotopic (exact) mass is 190 g/mol. The van der Waals surface area contributed by atoms with E-state index >= 15 is 0 Å². The number of methoxy groups -OCH3 is 1. The molecule has 1 N–H and O–H groups in total. The van der Waals surface area contributed by atoms with Crippen molar-refractivity contribution in [2.24, 2.45) is 0 Å². The second kappa shape index (κ2) is 3.60. The lowest BCUT2D eigenvalue weighted by atomic mass is 10.3. The molecule has 5 heteroatoms. The van der Waals surface area contributed by atoms with Gasteiger partial charge in [-0.2, -0.15) is 0 Å². The van der Waals surface area contributed by atoms with Crippen LogP contribution in [0.25, 0.3) is 0 Å². The summed E-state index contributed by atoms with van der Waals surface area (Å²) in [6.45, 7) is -0.295. The minimum Gasteiger partial charge on any atom is -0.465 e. The van der Waals surface area contributed by atoms with Crippen molar-refractivity contribution >= 4 is 17.6 Å². The van der Waals surface area contributed by atoms with Gasteiger partial charge < -0.3 is 14.3 Å². The fourth-order valence-corrected chi connectivity index (χ4v) is 0.975. The zero-order valence-corrected chi connectivity index (χ0v) is 7.09. The number of esters is 1. The molecule has 0 spiro atoms. The third-order valence-electron chi connectivity index (χ3n) is 1.30. The van der Waals surface area contributed by atoms with E-state index < -0.39 is 5.97 Å². The summed E-state index contributed by atoms with van der Waals surface area (Å²) in [7, 11) is 1.24. The first-order valence-corrected chi connectivity index (χ1v) is 3.54. The molecule has 0 unspecified atom stereocenters. The molecule has 0 bridgehead atoms. The van der Waals surface area contributed by atoms with E-state index in [2.05, 4.69) is 4.74 Å². The van der Waals surface area contributed by atoms with Gasteiger partial charge in [0.15, 0.2) is 0 Å². The molecule has 4 nitrogen and oxygen atoms in total. The fraction of sp³-hybridized carbons (Fsp3) is 0.286. The van der Waals surface area contributed by atoms with Gasteiger partial charge in [0.25, 0.3) is 0 Å². The van der Waals surface area contributed by atoms with Crippen LogP contribution in [-0.4, -0.2) is 18.2 Å². The van der Waals surface area contributed by atoms with Crippen LogP contribution >= 0.6 is 11.6 Å². The van der Waals surface area contributed by atoms with Crippen molar-refractivity contribution in [3.63, 3.8) is 0 Å². The Morgan fingerprint density at radius 3 is 2.92 bits per heavy atom. The first kappa shape index (κ1) is 9.09. The van der Waals surface area contributed by atoms with Crippen molar-refractivity contribution < 1.29 is 19.1 Å². The second-order valence-corrected chi connectivity index (χ2v) is 2.39. The number of aliphatic hydroxyl groups is 1. The quantitative estimate of drug-likeness (QED) is 0.713. The van der Waals surface area contributed by atoms with Crippen LogP contribution in [0.4, 0.5) is 0 Å². The molecular formula is C7H7ClO4. The zero-order chi connectivity index (χ0) is 9.14. The van der Waals surface area contributed by atoms with E-state index in [1.807, 2.05) is 0 Å².